The van der Waals surface area contributed by atoms with Crippen molar-refractivity contribution in [1.29, 1.82) is 0 Å². The van der Waals surface area contributed by atoms with Crippen molar-refractivity contribution in [2.45, 2.75) is 63.6 Å². The van der Waals surface area contributed by atoms with Gasteiger partial charge in [-0.15, -0.1) is 12.6 Å². The van der Waals surface area contributed by atoms with E-state index in [9.17, 15) is 14.7 Å². The Hall–Kier alpha value is -0.620. The molecule has 29 heavy (non-hydrogen) atoms. The van der Waals surface area contributed by atoms with Crippen LogP contribution in [-0.4, -0.2) is 39.6 Å². The van der Waals surface area contributed by atoms with Gasteiger partial charge in [-0.2, -0.15) is 0 Å². The molecule has 160 valence electrons. The Labute approximate surface area is 177 Å². The number of carbonyl (C=O) groups excluding carboxylic acids is 2. The Kier molecular flexibility index (Phi) is 4.80. The third-order valence-corrected chi connectivity index (χ3v) is 9.35. The number of hydrogen-bond donors (Lipinski definition) is 2. The average Bonchev–Trinajstić information content (AvgIpc) is 2.86. The molecule has 8 heteroatoms. The SMILES string of the molecule is CC1CC2C3CC(F)C4=CC(=O)C=CC4(C)C3(F)C(OP)CC2(C)C1(O)C(=O)S. The molecule has 0 radical (unpaired) electrons. The molecule has 0 heterocycles. The molecule has 10 unspecified atom stereocenters. The highest BCUT2D eigenvalue weighted by atomic mass is 32.1. The van der Waals surface area contributed by atoms with Crippen molar-refractivity contribution in [2.24, 2.45) is 28.6 Å². The zero-order chi connectivity index (χ0) is 21.6. The van der Waals surface area contributed by atoms with E-state index in [1.165, 1.54) is 18.2 Å². The van der Waals surface area contributed by atoms with Crippen molar-refractivity contribution in [1.82, 2.24) is 0 Å². The van der Waals surface area contributed by atoms with Crippen molar-refractivity contribution in [3.63, 3.8) is 0 Å². The fourth-order valence-corrected chi connectivity index (χ4v) is 7.88. The largest absolute Gasteiger partial charge is 0.380 e. The smallest absolute Gasteiger partial charge is 0.218 e. The van der Waals surface area contributed by atoms with Gasteiger partial charge >= 0.3 is 0 Å². The van der Waals surface area contributed by atoms with E-state index < -0.39 is 57.2 Å². The number of rotatable bonds is 2. The van der Waals surface area contributed by atoms with E-state index in [1.807, 2.05) is 0 Å². The maximum Gasteiger partial charge on any atom is 0.218 e. The van der Waals surface area contributed by atoms with Crippen LogP contribution in [0.3, 0.4) is 0 Å². The lowest BCUT2D eigenvalue weighted by Crippen LogP contribution is -2.70. The van der Waals surface area contributed by atoms with Gasteiger partial charge in [0.2, 0.25) is 5.12 Å². The number of hydrogen-bond acceptors (Lipinski definition) is 4. The lowest BCUT2D eigenvalue weighted by molar-refractivity contribution is -0.212. The highest BCUT2D eigenvalue weighted by Gasteiger charge is 2.76. The van der Waals surface area contributed by atoms with Gasteiger partial charge in [-0.25, -0.2) is 8.78 Å². The zero-order valence-corrected chi connectivity index (χ0v) is 18.7. The third kappa shape index (κ3) is 2.36. The lowest BCUT2D eigenvalue weighted by atomic mass is 9.44. The molecule has 3 fully saturated rings. The molecule has 4 aliphatic rings. The standard InChI is InChI=1S/C21H27F2O4PS/c1-10-6-12-13-8-15(22)14-7-11(24)4-5-18(14,2)20(13,23)16(27-28)9-19(12,3)21(10,26)17(25)29/h4-5,7,10,12-13,15-16,26H,6,8-9,28H2,1-3H3,(H,25,29). The van der Waals surface area contributed by atoms with Crippen LogP contribution in [0.5, 0.6) is 0 Å². The number of fused-ring (bicyclic) bond motifs is 5. The second-order valence-electron chi connectivity index (χ2n) is 9.68. The van der Waals surface area contributed by atoms with E-state index in [4.69, 9.17) is 4.52 Å². The van der Waals surface area contributed by atoms with Gasteiger partial charge in [0.15, 0.2) is 11.5 Å². The number of carbonyl (C=O) groups is 2. The number of aliphatic hydroxyl groups is 1. The first kappa shape index (κ1) is 21.6. The summed E-state index contributed by atoms with van der Waals surface area (Å²) in [5.41, 5.74) is -5.94. The molecule has 4 aliphatic carbocycles. The Morgan fingerprint density at radius 1 is 1.34 bits per heavy atom. The van der Waals surface area contributed by atoms with E-state index in [1.54, 1.807) is 20.8 Å². The van der Waals surface area contributed by atoms with Crippen molar-refractivity contribution >= 4 is 33.0 Å². The monoisotopic (exact) mass is 444 g/mol. The predicted molar refractivity (Wildman–Crippen MR) is 111 cm³/mol. The summed E-state index contributed by atoms with van der Waals surface area (Å²) in [6.07, 6.45) is 1.84. The first-order valence-corrected chi connectivity index (χ1v) is 10.9. The van der Waals surface area contributed by atoms with Gasteiger partial charge in [-0.05, 0) is 55.7 Å². The third-order valence-electron chi connectivity index (χ3n) is 8.68. The number of alkyl halides is 2. The van der Waals surface area contributed by atoms with Crippen LogP contribution in [0.15, 0.2) is 23.8 Å². The molecule has 10 atom stereocenters. The average molecular weight is 444 g/mol. The van der Waals surface area contributed by atoms with Crippen molar-refractivity contribution in [3.8, 4) is 0 Å². The fraction of sp³-hybridized carbons (Fsp3) is 0.714. The zero-order valence-electron chi connectivity index (χ0n) is 16.7. The molecule has 1 N–H and O–H groups in total. The van der Waals surface area contributed by atoms with Crippen LogP contribution in [0.2, 0.25) is 0 Å². The van der Waals surface area contributed by atoms with Crippen LogP contribution in [-0.2, 0) is 14.1 Å². The Morgan fingerprint density at radius 3 is 2.59 bits per heavy atom. The van der Waals surface area contributed by atoms with Crippen LogP contribution in [0.1, 0.15) is 40.0 Å². The van der Waals surface area contributed by atoms with Gasteiger partial charge in [0, 0.05) is 26.2 Å². The number of ketones is 1. The minimum Gasteiger partial charge on any atom is -0.380 e. The highest BCUT2D eigenvalue weighted by molar-refractivity contribution is 7.96. The summed E-state index contributed by atoms with van der Waals surface area (Å²) in [5, 5.41) is 10.8. The van der Waals surface area contributed by atoms with Crippen LogP contribution >= 0.6 is 22.1 Å². The molecule has 0 saturated heterocycles. The van der Waals surface area contributed by atoms with Crippen molar-refractivity contribution in [2.75, 3.05) is 0 Å². The second kappa shape index (κ2) is 6.44. The summed E-state index contributed by atoms with van der Waals surface area (Å²) in [7, 11) is 2.09. The Morgan fingerprint density at radius 2 is 2.00 bits per heavy atom. The summed E-state index contributed by atoms with van der Waals surface area (Å²) in [4.78, 5) is 24.3. The number of allylic oxidation sites excluding steroid dienone is 4. The maximum absolute atomic E-state index is 17.2. The topological polar surface area (TPSA) is 63.6 Å². The van der Waals surface area contributed by atoms with E-state index >= 15 is 8.78 Å². The Balaban J connectivity index is 1.91. The van der Waals surface area contributed by atoms with Gasteiger partial charge in [0.25, 0.3) is 0 Å². The molecular weight excluding hydrogens is 417 g/mol. The van der Waals surface area contributed by atoms with Crippen LogP contribution in [0.4, 0.5) is 8.78 Å². The number of halogens is 2. The molecule has 0 aliphatic heterocycles. The maximum atomic E-state index is 17.2. The van der Waals surface area contributed by atoms with Gasteiger partial charge < -0.3 is 9.63 Å². The normalized spacial score (nSPS) is 53.7. The van der Waals surface area contributed by atoms with Gasteiger partial charge in [-0.3, -0.25) is 9.59 Å². The highest BCUT2D eigenvalue weighted by Crippen LogP contribution is 2.71. The molecular formula is C21H27F2O4PS. The fourth-order valence-electron chi connectivity index (χ4n) is 7.11. The molecule has 0 amide bonds. The molecule has 0 aromatic carbocycles. The van der Waals surface area contributed by atoms with Crippen LogP contribution < -0.4 is 0 Å². The number of thiol groups is 1. The van der Waals surface area contributed by atoms with Crippen LogP contribution in [0, 0.1) is 28.6 Å². The molecule has 0 spiro atoms. The van der Waals surface area contributed by atoms with E-state index in [2.05, 4.69) is 22.1 Å². The molecule has 0 aromatic heterocycles. The minimum atomic E-state index is -1.99. The molecule has 0 bridgehead atoms. The molecule has 0 aromatic rings. The second-order valence-corrected chi connectivity index (χ2v) is 10.4. The summed E-state index contributed by atoms with van der Waals surface area (Å²) in [5.74, 6) is -2.01. The first-order valence-electron chi connectivity index (χ1n) is 9.97. The van der Waals surface area contributed by atoms with E-state index in [-0.39, 0.29) is 24.2 Å². The predicted octanol–water partition coefficient (Wildman–Crippen LogP) is 3.55. The molecule has 3 saturated carbocycles. The Bertz CT molecular complexity index is 849. The van der Waals surface area contributed by atoms with Gasteiger partial charge in [-0.1, -0.05) is 19.9 Å². The minimum absolute atomic E-state index is 0.0862. The summed E-state index contributed by atoms with van der Waals surface area (Å²) in [6.45, 7) is 5.15. The van der Waals surface area contributed by atoms with Crippen molar-refractivity contribution < 1.29 is 28.0 Å². The summed E-state index contributed by atoms with van der Waals surface area (Å²) < 4.78 is 38.1. The van der Waals surface area contributed by atoms with Crippen LogP contribution in [0.25, 0.3) is 0 Å². The van der Waals surface area contributed by atoms with Crippen molar-refractivity contribution in [3.05, 3.63) is 23.8 Å². The van der Waals surface area contributed by atoms with E-state index in [0.717, 1.165) is 0 Å². The summed E-state index contributed by atoms with van der Waals surface area (Å²) >= 11 is 3.97. The molecule has 4 rings (SSSR count). The molecule has 4 nitrogen and oxygen atoms in total. The lowest BCUT2D eigenvalue weighted by Gasteiger charge is -2.63. The van der Waals surface area contributed by atoms with E-state index in [0.29, 0.717) is 6.42 Å². The first-order chi connectivity index (χ1) is 13.4. The van der Waals surface area contributed by atoms with Gasteiger partial charge in [0.05, 0.1) is 6.10 Å². The summed E-state index contributed by atoms with van der Waals surface area (Å²) in [6, 6.07) is 0. The van der Waals surface area contributed by atoms with Gasteiger partial charge in [0.1, 0.15) is 11.8 Å². The quantitative estimate of drug-likeness (QED) is 0.505.